The van der Waals surface area contributed by atoms with Gasteiger partial charge in [0.25, 0.3) is 0 Å². The summed E-state index contributed by atoms with van der Waals surface area (Å²) in [6.45, 7) is 1.91. The molecular formula is C13H12N4O2. The van der Waals surface area contributed by atoms with E-state index >= 15 is 0 Å². The predicted octanol–water partition coefficient (Wildman–Crippen LogP) is 1.36. The molecule has 19 heavy (non-hydrogen) atoms. The SMILES string of the molecule is Cc1[nH]c2ccccc2c1/C=N/N1CC(=O)NC1=O. The van der Waals surface area contributed by atoms with Crippen molar-refractivity contribution in [2.24, 2.45) is 5.10 Å². The Bertz CT molecular complexity index is 702. The standard InChI is InChI=1S/C13H12N4O2/c1-8-10(9-4-2-3-5-11(9)15-8)6-14-17-7-12(18)16-13(17)19/h2-6,15H,7H2,1H3,(H,16,18,19)/b14-6+. The number of fused-ring (bicyclic) bond motifs is 1. The fourth-order valence-electron chi connectivity index (χ4n) is 2.12. The number of aryl methyl sites for hydroxylation is 1. The van der Waals surface area contributed by atoms with Gasteiger partial charge in [-0.1, -0.05) is 18.2 Å². The lowest BCUT2D eigenvalue weighted by atomic mass is 10.1. The molecule has 0 spiro atoms. The van der Waals surface area contributed by atoms with Crippen LogP contribution in [0.3, 0.4) is 0 Å². The van der Waals surface area contributed by atoms with Gasteiger partial charge >= 0.3 is 6.03 Å². The van der Waals surface area contributed by atoms with Crippen molar-refractivity contribution in [3.8, 4) is 0 Å². The number of aromatic amines is 1. The smallest absolute Gasteiger partial charge is 0.344 e. The van der Waals surface area contributed by atoms with Crippen LogP contribution in [0.15, 0.2) is 29.4 Å². The van der Waals surface area contributed by atoms with Crippen LogP contribution in [0, 0.1) is 6.92 Å². The second kappa shape index (κ2) is 4.24. The molecule has 1 fully saturated rings. The van der Waals surface area contributed by atoms with Crippen LogP contribution in [0.4, 0.5) is 4.79 Å². The summed E-state index contributed by atoms with van der Waals surface area (Å²) in [5, 5.41) is 8.39. The van der Waals surface area contributed by atoms with Crippen molar-refractivity contribution in [2.75, 3.05) is 6.54 Å². The number of hydrazone groups is 1. The van der Waals surface area contributed by atoms with Gasteiger partial charge in [0, 0.05) is 22.2 Å². The van der Waals surface area contributed by atoms with Gasteiger partial charge in [-0.15, -0.1) is 0 Å². The zero-order valence-electron chi connectivity index (χ0n) is 10.3. The summed E-state index contributed by atoms with van der Waals surface area (Å²) in [5.74, 6) is -0.335. The van der Waals surface area contributed by atoms with Crippen LogP contribution in [0.25, 0.3) is 10.9 Å². The van der Waals surface area contributed by atoms with Gasteiger partial charge < -0.3 is 4.98 Å². The molecule has 2 heterocycles. The number of aromatic nitrogens is 1. The molecule has 0 unspecified atom stereocenters. The molecule has 3 rings (SSSR count). The largest absolute Gasteiger partial charge is 0.358 e. The second-order valence-corrected chi connectivity index (χ2v) is 4.36. The van der Waals surface area contributed by atoms with Gasteiger partial charge in [-0.25, -0.2) is 9.80 Å². The number of hydrogen-bond donors (Lipinski definition) is 2. The molecule has 3 amide bonds. The van der Waals surface area contributed by atoms with Crippen molar-refractivity contribution in [1.82, 2.24) is 15.3 Å². The predicted molar refractivity (Wildman–Crippen MR) is 70.9 cm³/mol. The molecule has 1 aromatic heterocycles. The maximum atomic E-state index is 11.4. The van der Waals surface area contributed by atoms with E-state index in [2.05, 4.69) is 15.4 Å². The minimum absolute atomic E-state index is 0.0310. The molecule has 6 heteroatoms. The summed E-state index contributed by atoms with van der Waals surface area (Å²) in [4.78, 5) is 25.7. The molecule has 0 atom stereocenters. The first kappa shape index (κ1) is 11.5. The molecule has 2 aromatic rings. The van der Waals surface area contributed by atoms with Gasteiger partial charge in [-0.05, 0) is 13.0 Å². The summed E-state index contributed by atoms with van der Waals surface area (Å²) in [5.41, 5.74) is 2.90. The van der Waals surface area contributed by atoms with Crippen molar-refractivity contribution in [3.63, 3.8) is 0 Å². The number of urea groups is 1. The Kier molecular flexibility index (Phi) is 2.56. The van der Waals surface area contributed by atoms with E-state index in [-0.39, 0.29) is 12.5 Å². The molecule has 1 aromatic carbocycles. The highest BCUT2D eigenvalue weighted by Crippen LogP contribution is 2.20. The Morgan fingerprint density at radius 3 is 2.84 bits per heavy atom. The first-order valence-electron chi connectivity index (χ1n) is 5.88. The highest BCUT2D eigenvalue weighted by molar-refractivity contribution is 6.04. The van der Waals surface area contributed by atoms with E-state index in [0.29, 0.717) is 0 Å². The fraction of sp³-hybridized carbons (Fsp3) is 0.154. The summed E-state index contributed by atoms with van der Waals surface area (Å²) in [6.07, 6.45) is 1.60. The summed E-state index contributed by atoms with van der Waals surface area (Å²) < 4.78 is 0. The first-order chi connectivity index (χ1) is 9.15. The van der Waals surface area contributed by atoms with E-state index in [1.165, 1.54) is 0 Å². The lowest BCUT2D eigenvalue weighted by Crippen LogP contribution is -2.24. The average molecular weight is 256 g/mol. The van der Waals surface area contributed by atoms with E-state index in [1.54, 1.807) is 6.21 Å². The zero-order chi connectivity index (χ0) is 13.4. The summed E-state index contributed by atoms with van der Waals surface area (Å²) >= 11 is 0. The quantitative estimate of drug-likeness (QED) is 0.628. The van der Waals surface area contributed by atoms with Crippen LogP contribution in [0.2, 0.25) is 0 Å². The highest BCUT2D eigenvalue weighted by atomic mass is 16.2. The zero-order valence-corrected chi connectivity index (χ0v) is 10.3. The van der Waals surface area contributed by atoms with Crippen LogP contribution in [-0.4, -0.2) is 34.7 Å². The average Bonchev–Trinajstić information content (AvgIpc) is 2.86. The number of hydrogen-bond acceptors (Lipinski definition) is 3. The van der Waals surface area contributed by atoms with E-state index in [1.807, 2.05) is 31.2 Å². The van der Waals surface area contributed by atoms with Gasteiger partial charge in [0.05, 0.1) is 6.21 Å². The second-order valence-electron chi connectivity index (χ2n) is 4.36. The number of amides is 3. The van der Waals surface area contributed by atoms with E-state index in [4.69, 9.17) is 0 Å². The third kappa shape index (κ3) is 1.97. The number of rotatable bonds is 2. The number of H-pyrrole nitrogens is 1. The monoisotopic (exact) mass is 256 g/mol. The van der Waals surface area contributed by atoms with Gasteiger partial charge in [-0.2, -0.15) is 5.10 Å². The lowest BCUT2D eigenvalue weighted by Gasteiger charge is -2.04. The van der Waals surface area contributed by atoms with Crippen molar-refractivity contribution < 1.29 is 9.59 Å². The van der Waals surface area contributed by atoms with Crippen LogP contribution in [-0.2, 0) is 4.79 Å². The Balaban J connectivity index is 1.95. The van der Waals surface area contributed by atoms with E-state index in [0.717, 1.165) is 27.2 Å². The molecule has 6 nitrogen and oxygen atoms in total. The number of nitrogens with one attached hydrogen (secondary N) is 2. The fourth-order valence-corrected chi connectivity index (χ4v) is 2.12. The van der Waals surface area contributed by atoms with E-state index < -0.39 is 6.03 Å². The number of nitrogens with zero attached hydrogens (tertiary/aromatic N) is 2. The van der Waals surface area contributed by atoms with Crippen LogP contribution >= 0.6 is 0 Å². The molecule has 0 bridgehead atoms. The first-order valence-corrected chi connectivity index (χ1v) is 5.88. The summed E-state index contributed by atoms with van der Waals surface area (Å²) in [7, 11) is 0. The molecular weight excluding hydrogens is 244 g/mol. The van der Waals surface area contributed by atoms with Crippen molar-refractivity contribution in [2.45, 2.75) is 6.92 Å². The lowest BCUT2D eigenvalue weighted by molar-refractivity contribution is -0.118. The van der Waals surface area contributed by atoms with Crippen LogP contribution < -0.4 is 5.32 Å². The number of carbonyl (C=O) groups is 2. The van der Waals surface area contributed by atoms with Crippen molar-refractivity contribution >= 4 is 29.1 Å². The van der Waals surface area contributed by atoms with E-state index in [9.17, 15) is 9.59 Å². The molecule has 0 saturated carbocycles. The molecule has 0 aliphatic carbocycles. The maximum Gasteiger partial charge on any atom is 0.344 e. The Labute approximate surface area is 109 Å². The minimum atomic E-state index is -0.487. The number of para-hydroxylation sites is 1. The normalized spacial score (nSPS) is 15.7. The molecule has 1 aliphatic heterocycles. The third-order valence-electron chi connectivity index (χ3n) is 3.04. The summed E-state index contributed by atoms with van der Waals surface area (Å²) in [6, 6.07) is 7.37. The van der Waals surface area contributed by atoms with Crippen LogP contribution in [0.1, 0.15) is 11.3 Å². The number of carbonyl (C=O) groups excluding carboxylic acids is 2. The van der Waals surface area contributed by atoms with Gasteiger partial charge in [-0.3, -0.25) is 10.1 Å². The molecule has 0 radical (unpaired) electrons. The minimum Gasteiger partial charge on any atom is -0.358 e. The Morgan fingerprint density at radius 1 is 1.32 bits per heavy atom. The molecule has 1 aliphatic rings. The van der Waals surface area contributed by atoms with Gasteiger partial charge in [0.15, 0.2) is 0 Å². The highest BCUT2D eigenvalue weighted by Gasteiger charge is 2.26. The third-order valence-corrected chi connectivity index (χ3v) is 3.04. The topological polar surface area (TPSA) is 77.6 Å². The number of imide groups is 1. The molecule has 1 saturated heterocycles. The van der Waals surface area contributed by atoms with Gasteiger partial charge in [0.2, 0.25) is 5.91 Å². The Hall–Kier alpha value is -2.63. The Morgan fingerprint density at radius 2 is 2.11 bits per heavy atom. The van der Waals surface area contributed by atoms with Crippen molar-refractivity contribution in [3.05, 3.63) is 35.5 Å². The van der Waals surface area contributed by atoms with Crippen molar-refractivity contribution in [1.29, 1.82) is 0 Å². The van der Waals surface area contributed by atoms with Crippen LogP contribution in [0.5, 0.6) is 0 Å². The molecule has 2 N–H and O–H groups in total. The maximum absolute atomic E-state index is 11.4. The van der Waals surface area contributed by atoms with Gasteiger partial charge in [0.1, 0.15) is 6.54 Å². The number of benzene rings is 1. The molecule has 96 valence electrons.